The number of ether oxygens (including phenoxy) is 1. The monoisotopic (exact) mass is 431 g/mol. The van der Waals surface area contributed by atoms with Crippen LogP contribution < -0.4 is 9.64 Å². The number of carbonyl (C=O) groups is 2. The summed E-state index contributed by atoms with van der Waals surface area (Å²) in [5.41, 5.74) is 0.428. The molecule has 1 aliphatic heterocycles. The predicted molar refractivity (Wildman–Crippen MR) is 107 cm³/mol. The zero-order valence-corrected chi connectivity index (χ0v) is 17.0. The summed E-state index contributed by atoms with van der Waals surface area (Å²) >= 11 is 3.37. The lowest BCUT2D eigenvalue weighted by Gasteiger charge is -2.22. The lowest BCUT2D eigenvalue weighted by atomic mass is 9.90. The first-order valence-electron chi connectivity index (χ1n) is 8.84. The van der Waals surface area contributed by atoms with Crippen molar-refractivity contribution in [3.63, 3.8) is 0 Å². The largest absolute Gasteiger partial charge is 0.494 e. The lowest BCUT2D eigenvalue weighted by Crippen LogP contribution is -2.42. The number of amides is 1. The van der Waals surface area contributed by atoms with Gasteiger partial charge in [-0.2, -0.15) is 0 Å². The Morgan fingerprint density at radius 2 is 2.04 bits per heavy atom. The highest BCUT2D eigenvalue weighted by Crippen LogP contribution is 2.43. The normalized spacial score (nSPS) is 18.5. The summed E-state index contributed by atoms with van der Waals surface area (Å²) in [7, 11) is 0. The molecule has 1 heterocycles. The number of Topliss-reactive ketones (excluding diaryl/α,β-unsaturated/α-hetero) is 1. The highest BCUT2D eigenvalue weighted by Gasteiger charge is 2.50. The Bertz CT molecular complexity index is 882. The molecule has 0 aliphatic carbocycles. The van der Waals surface area contributed by atoms with E-state index >= 15 is 0 Å². The minimum absolute atomic E-state index is 0.231. The fraction of sp³-hybridized carbons (Fsp3) is 0.333. The molecule has 142 valence electrons. The molecular weight excluding hydrogens is 410 g/mol. The maximum atomic E-state index is 12.9. The maximum absolute atomic E-state index is 12.9. The Morgan fingerprint density at radius 3 is 2.74 bits per heavy atom. The van der Waals surface area contributed by atoms with Gasteiger partial charge in [0, 0.05) is 23.0 Å². The zero-order valence-electron chi connectivity index (χ0n) is 15.4. The number of benzene rings is 2. The molecule has 1 aliphatic rings. The molecule has 0 aromatic heterocycles. The quantitative estimate of drug-likeness (QED) is 0.677. The van der Waals surface area contributed by atoms with E-state index in [1.807, 2.05) is 37.3 Å². The summed E-state index contributed by atoms with van der Waals surface area (Å²) < 4.78 is 6.49. The van der Waals surface area contributed by atoms with Gasteiger partial charge < -0.3 is 14.7 Å². The molecule has 1 amide bonds. The van der Waals surface area contributed by atoms with Gasteiger partial charge in [-0.1, -0.05) is 28.1 Å². The van der Waals surface area contributed by atoms with Crippen LogP contribution in [0.4, 0.5) is 5.69 Å². The summed E-state index contributed by atoms with van der Waals surface area (Å²) in [5.74, 6) is 0.0999. The molecule has 0 bridgehead atoms. The van der Waals surface area contributed by atoms with Crippen LogP contribution in [-0.2, 0) is 15.2 Å². The third kappa shape index (κ3) is 4.06. The number of fused-ring (bicyclic) bond motifs is 1. The van der Waals surface area contributed by atoms with E-state index in [4.69, 9.17) is 4.74 Å². The molecule has 5 nitrogen and oxygen atoms in total. The summed E-state index contributed by atoms with van der Waals surface area (Å²) in [6.45, 7) is 4.23. The first kappa shape index (κ1) is 19.6. The molecule has 1 N–H and O–H groups in total. The van der Waals surface area contributed by atoms with Crippen molar-refractivity contribution in [2.24, 2.45) is 0 Å². The standard InChI is InChI=1S/C21H22BrNO4/c1-14-5-3-6-17(11-14)27-10-4-9-23-19-8-7-16(22)12-18(19)21(26,20(23)25)13-15(2)24/h3,5-8,11-12,26H,4,9-10,13H2,1-2H3. The Labute approximate surface area is 167 Å². The van der Waals surface area contributed by atoms with Crippen LogP contribution in [0, 0.1) is 6.92 Å². The molecule has 0 saturated heterocycles. The molecular formula is C21H22BrNO4. The van der Waals surface area contributed by atoms with Crippen LogP contribution in [0.3, 0.4) is 0 Å². The van der Waals surface area contributed by atoms with Gasteiger partial charge in [0.15, 0.2) is 5.60 Å². The number of halogens is 1. The molecule has 1 atom stereocenters. The van der Waals surface area contributed by atoms with E-state index in [0.29, 0.717) is 30.8 Å². The van der Waals surface area contributed by atoms with E-state index in [0.717, 1.165) is 15.8 Å². The van der Waals surface area contributed by atoms with E-state index in [1.165, 1.54) is 6.92 Å². The average Bonchev–Trinajstić information content (AvgIpc) is 2.79. The SMILES string of the molecule is CC(=O)CC1(O)C(=O)N(CCCOc2cccc(C)c2)c2ccc(Br)cc21. The highest BCUT2D eigenvalue weighted by atomic mass is 79.9. The molecule has 6 heteroatoms. The third-order valence-corrected chi connectivity index (χ3v) is 5.08. The number of ketones is 1. The summed E-state index contributed by atoms with van der Waals surface area (Å²) in [4.78, 5) is 26.1. The van der Waals surface area contributed by atoms with Crippen LogP contribution in [0.1, 0.15) is 30.9 Å². The van der Waals surface area contributed by atoms with Crippen molar-refractivity contribution >= 4 is 33.3 Å². The zero-order chi connectivity index (χ0) is 19.6. The Kier molecular flexibility index (Phi) is 5.67. The predicted octanol–water partition coefficient (Wildman–Crippen LogP) is 3.74. The molecule has 3 rings (SSSR count). The number of anilines is 1. The summed E-state index contributed by atoms with van der Waals surface area (Å²) in [5, 5.41) is 11.0. The van der Waals surface area contributed by atoms with E-state index in [-0.39, 0.29) is 12.2 Å². The van der Waals surface area contributed by atoms with Gasteiger partial charge in [-0.3, -0.25) is 9.59 Å². The minimum atomic E-state index is -1.80. The molecule has 0 fully saturated rings. The number of aryl methyl sites for hydroxylation is 1. The molecule has 27 heavy (non-hydrogen) atoms. The lowest BCUT2D eigenvalue weighted by molar-refractivity contribution is -0.141. The fourth-order valence-corrected chi connectivity index (χ4v) is 3.75. The first-order valence-corrected chi connectivity index (χ1v) is 9.64. The van der Waals surface area contributed by atoms with Gasteiger partial charge in [0.05, 0.1) is 12.3 Å². The van der Waals surface area contributed by atoms with Gasteiger partial charge in [0.2, 0.25) is 0 Å². The molecule has 2 aromatic rings. The Balaban J connectivity index is 1.72. The molecule has 0 spiro atoms. The van der Waals surface area contributed by atoms with Crippen molar-refractivity contribution in [2.75, 3.05) is 18.1 Å². The van der Waals surface area contributed by atoms with Crippen molar-refractivity contribution in [3.8, 4) is 5.75 Å². The van der Waals surface area contributed by atoms with Gasteiger partial charge in [0.1, 0.15) is 11.5 Å². The summed E-state index contributed by atoms with van der Waals surface area (Å²) in [6.07, 6.45) is 0.372. The minimum Gasteiger partial charge on any atom is -0.494 e. The van der Waals surface area contributed by atoms with Crippen LogP contribution in [0.5, 0.6) is 5.75 Å². The maximum Gasteiger partial charge on any atom is 0.264 e. The summed E-state index contributed by atoms with van der Waals surface area (Å²) in [6, 6.07) is 13.1. The number of carbonyl (C=O) groups excluding carboxylic acids is 2. The second kappa shape index (κ2) is 7.82. The number of rotatable bonds is 7. The molecule has 1 unspecified atom stereocenters. The smallest absolute Gasteiger partial charge is 0.264 e. The van der Waals surface area contributed by atoms with Gasteiger partial charge in [-0.25, -0.2) is 0 Å². The number of hydrogen-bond donors (Lipinski definition) is 1. The van der Waals surface area contributed by atoms with Crippen molar-refractivity contribution in [2.45, 2.75) is 32.3 Å². The van der Waals surface area contributed by atoms with Crippen molar-refractivity contribution < 1.29 is 19.4 Å². The second-order valence-electron chi connectivity index (χ2n) is 6.88. The van der Waals surface area contributed by atoms with Crippen molar-refractivity contribution in [1.29, 1.82) is 0 Å². The Hall–Kier alpha value is -2.18. The first-order chi connectivity index (χ1) is 12.8. The van der Waals surface area contributed by atoms with Gasteiger partial charge >= 0.3 is 0 Å². The van der Waals surface area contributed by atoms with E-state index in [1.54, 1.807) is 17.0 Å². The topological polar surface area (TPSA) is 66.8 Å². The van der Waals surface area contributed by atoms with Crippen LogP contribution in [0.25, 0.3) is 0 Å². The van der Waals surface area contributed by atoms with Gasteiger partial charge in [-0.05, 0) is 56.2 Å². The van der Waals surface area contributed by atoms with Crippen molar-refractivity contribution in [3.05, 3.63) is 58.1 Å². The molecule has 2 aromatic carbocycles. The molecule has 0 saturated carbocycles. The molecule has 0 radical (unpaired) electrons. The van der Waals surface area contributed by atoms with Gasteiger partial charge in [0.25, 0.3) is 5.91 Å². The van der Waals surface area contributed by atoms with E-state index in [9.17, 15) is 14.7 Å². The van der Waals surface area contributed by atoms with Crippen LogP contribution in [0.15, 0.2) is 46.9 Å². The van der Waals surface area contributed by atoms with Crippen LogP contribution >= 0.6 is 15.9 Å². The number of nitrogens with zero attached hydrogens (tertiary/aromatic N) is 1. The van der Waals surface area contributed by atoms with E-state index in [2.05, 4.69) is 15.9 Å². The number of hydrogen-bond acceptors (Lipinski definition) is 4. The van der Waals surface area contributed by atoms with Crippen LogP contribution in [-0.4, -0.2) is 29.9 Å². The highest BCUT2D eigenvalue weighted by molar-refractivity contribution is 9.10. The van der Waals surface area contributed by atoms with Crippen LogP contribution in [0.2, 0.25) is 0 Å². The van der Waals surface area contributed by atoms with Crippen molar-refractivity contribution in [1.82, 2.24) is 0 Å². The number of aliphatic hydroxyl groups is 1. The second-order valence-corrected chi connectivity index (χ2v) is 7.79. The Morgan fingerprint density at radius 1 is 1.26 bits per heavy atom. The fourth-order valence-electron chi connectivity index (χ4n) is 3.39. The van der Waals surface area contributed by atoms with Gasteiger partial charge in [-0.15, -0.1) is 0 Å². The third-order valence-electron chi connectivity index (χ3n) is 4.58. The average molecular weight is 432 g/mol. The van der Waals surface area contributed by atoms with E-state index < -0.39 is 11.5 Å².